The normalized spacial score (nSPS) is 12.4. The Bertz CT molecular complexity index is 516. The topological polar surface area (TPSA) is 35.2 Å². The first-order chi connectivity index (χ1) is 9.10. The third-order valence-corrected chi connectivity index (χ3v) is 5.41. The fraction of sp³-hybridized carbons (Fsp3) is 0.333. The number of nitrogens with two attached hydrogens (primary N) is 1. The molecule has 0 saturated heterocycles. The molecule has 1 heterocycles. The van der Waals surface area contributed by atoms with Gasteiger partial charge in [-0.05, 0) is 59.5 Å². The summed E-state index contributed by atoms with van der Waals surface area (Å²) in [4.78, 5) is 2.53. The molecule has 0 bridgehead atoms. The molecule has 0 aliphatic carbocycles. The van der Waals surface area contributed by atoms with E-state index in [2.05, 4.69) is 41.1 Å². The van der Waals surface area contributed by atoms with Gasteiger partial charge >= 0.3 is 0 Å². The SMILES string of the molecule is COc1ccc(CCC(N)c2cc(Br)c(C)s2)cc1. The highest BCUT2D eigenvalue weighted by Gasteiger charge is 2.11. The number of rotatable bonds is 5. The van der Waals surface area contributed by atoms with E-state index in [4.69, 9.17) is 10.5 Å². The highest BCUT2D eigenvalue weighted by Crippen LogP contribution is 2.31. The van der Waals surface area contributed by atoms with Crippen molar-refractivity contribution in [2.45, 2.75) is 25.8 Å². The number of methoxy groups -OCH3 is 1. The van der Waals surface area contributed by atoms with Gasteiger partial charge < -0.3 is 10.5 Å². The molecule has 0 fully saturated rings. The summed E-state index contributed by atoms with van der Waals surface area (Å²) in [5.41, 5.74) is 7.54. The Morgan fingerprint density at radius 2 is 2.00 bits per heavy atom. The summed E-state index contributed by atoms with van der Waals surface area (Å²) in [7, 11) is 1.68. The van der Waals surface area contributed by atoms with E-state index in [-0.39, 0.29) is 6.04 Å². The van der Waals surface area contributed by atoms with Gasteiger partial charge in [-0.15, -0.1) is 11.3 Å². The lowest BCUT2D eigenvalue weighted by Gasteiger charge is -2.09. The van der Waals surface area contributed by atoms with Gasteiger partial charge in [0.2, 0.25) is 0 Å². The van der Waals surface area contributed by atoms with Crippen LogP contribution in [0.15, 0.2) is 34.8 Å². The van der Waals surface area contributed by atoms with Crippen molar-refractivity contribution in [3.05, 3.63) is 50.1 Å². The summed E-state index contributed by atoms with van der Waals surface area (Å²) in [5, 5.41) is 0. The van der Waals surface area contributed by atoms with Crippen molar-refractivity contribution in [2.75, 3.05) is 7.11 Å². The number of ether oxygens (including phenoxy) is 1. The van der Waals surface area contributed by atoms with Crippen LogP contribution in [-0.4, -0.2) is 7.11 Å². The van der Waals surface area contributed by atoms with E-state index in [1.165, 1.54) is 15.3 Å². The maximum Gasteiger partial charge on any atom is 0.118 e. The van der Waals surface area contributed by atoms with Crippen LogP contribution < -0.4 is 10.5 Å². The zero-order chi connectivity index (χ0) is 13.8. The molecule has 1 aromatic carbocycles. The molecule has 1 aromatic heterocycles. The number of hydrogen-bond acceptors (Lipinski definition) is 3. The number of hydrogen-bond donors (Lipinski definition) is 1. The van der Waals surface area contributed by atoms with Gasteiger partial charge in [-0.3, -0.25) is 0 Å². The highest BCUT2D eigenvalue weighted by molar-refractivity contribution is 9.10. The van der Waals surface area contributed by atoms with Crippen molar-refractivity contribution in [1.82, 2.24) is 0 Å². The molecule has 0 saturated carbocycles. The molecule has 1 atom stereocenters. The molecule has 102 valence electrons. The van der Waals surface area contributed by atoms with E-state index >= 15 is 0 Å². The molecule has 1 unspecified atom stereocenters. The summed E-state index contributed by atoms with van der Waals surface area (Å²) in [6, 6.07) is 10.4. The minimum Gasteiger partial charge on any atom is -0.497 e. The van der Waals surface area contributed by atoms with Crippen molar-refractivity contribution in [3.63, 3.8) is 0 Å². The van der Waals surface area contributed by atoms with Crippen LogP contribution in [0.5, 0.6) is 5.75 Å². The van der Waals surface area contributed by atoms with E-state index in [0.717, 1.165) is 23.1 Å². The van der Waals surface area contributed by atoms with Gasteiger partial charge in [0.25, 0.3) is 0 Å². The van der Waals surface area contributed by atoms with Gasteiger partial charge in [-0.1, -0.05) is 12.1 Å². The quantitative estimate of drug-likeness (QED) is 0.872. The molecule has 0 radical (unpaired) electrons. The number of halogens is 1. The Kier molecular flexibility index (Phi) is 5.02. The molecule has 2 aromatic rings. The summed E-state index contributed by atoms with van der Waals surface area (Å²) in [6.45, 7) is 2.11. The summed E-state index contributed by atoms with van der Waals surface area (Å²) >= 11 is 5.31. The molecule has 0 aliphatic rings. The Morgan fingerprint density at radius 3 is 2.53 bits per heavy atom. The molecular formula is C15H18BrNOS. The van der Waals surface area contributed by atoms with Crippen LogP contribution in [0.3, 0.4) is 0 Å². The van der Waals surface area contributed by atoms with Crippen molar-refractivity contribution < 1.29 is 4.74 Å². The van der Waals surface area contributed by atoms with Crippen LogP contribution in [0.25, 0.3) is 0 Å². The van der Waals surface area contributed by atoms with E-state index in [1.807, 2.05) is 12.1 Å². The van der Waals surface area contributed by atoms with Crippen molar-refractivity contribution in [2.24, 2.45) is 5.73 Å². The van der Waals surface area contributed by atoms with Gasteiger partial charge in [0.05, 0.1) is 7.11 Å². The average molecular weight is 340 g/mol. The van der Waals surface area contributed by atoms with Gasteiger partial charge in [-0.25, -0.2) is 0 Å². The minimum atomic E-state index is 0.108. The second-order valence-corrected chi connectivity index (χ2v) is 6.69. The largest absolute Gasteiger partial charge is 0.497 e. The number of benzene rings is 1. The first kappa shape index (κ1) is 14.6. The maximum atomic E-state index is 6.25. The predicted molar refractivity (Wildman–Crippen MR) is 85.0 cm³/mol. The van der Waals surface area contributed by atoms with E-state index in [9.17, 15) is 0 Å². The van der Waals surface area contributed by atoms with Crippen molar-refractivity contribution in [1.29, 1.82) is 0 Å². The minimum absolute atomic E-state index is 0.108. The molecule has 0 spiro atoms. The van der Waals surface area contributed by atoms with Crippen LogP contribution in [-0.2, 0) is 6.42 Å². The first-order valence-electron chi connectivity index (χ1n) is 6.24. The monoisotopic (exact) mass is 339 g/mol. The Morgan fingerprint density at radius 1 is 1.32 bits per heavy atom. The lowest BCUT2D eigenvalue weighted by Crippen LogP contribution is -2.09. The van der Waals surface area contributed by atoms with Crippen LogP contribution in [0, 0.1) is 6.92 Å². The summed E-state index contributed by atoms with van der Waals surface area (Å²) in [6.07, 6.45) is 1.94. The van der Waals surface area contributed by atoms with Gasteiger partial charge in [0.15, 0.2) is 0 Å². The maximum absolute atomic E-state index is 6.25. The fourth-order valence-corrected chi connectivity index (χ4v) is 3.52. The second kappa shape index (κ2) is 6.55. The molecule has 19 heavy (non-hydrogen) atoms. The van der Waals surface area contributed by atoms with Gasteiger partial charge in [0.1, 0.15) is 5.75 Å². The predicted octanol–water partition coefficient (Wildman–Crippen LogP) is 4.46. The van der Waals surface area contributed by atoms with E-state index < -0.39 is 0 Å². The fourth-order valence-electron chi connectivity index (χ4n) is 1.92. The summed E-state index contributed by atoms with van der Waals surface area (Å²) < 4.78 is 6.31. The standard InChI is InChI=1S/C15H18BrNOS/c1-10-13(16)9-15(19-10)14(17)8-5-11-3-6-12(18-2)7-4-11/h3-4,6-7,9,14H,5,8,17H2,1-2H3. The third kappa shape index (κ3) is 3.81. The van der Waals surface area contributed by atoms with Crippen LogP contribution in [0.1, 0.15) is 27.8 Å². The zero-order valence-corrected chi connectivity index (χ0v) is 13.6. The van der Waals surface area contributed by atoms with Gasteiger partial charge in [0, 0.05) is 20.3 Å². The first-order valence-corrected chi connectivity index (χ1v) is 7.85. The summed E-state index contributed by atoms with van der Waals surface area (Å²) in [5.74, 6) is 0.894. The number of aryl methyl sites for hydroxylation is 2. The third-order valence-electron chi connectivity index (χ3n) is 3.14. The lowest BCUT2D eigenvalue weighted by molar-refractivity contribution is 0.414. The smallest absolute Gasteiger partial charge is 0.118 e. The molecule has 4 heteroatoms. The van der Waals surface area contributed by atoms with Crippen LogP contribution >= 0.6 is 27.3 Å². The highest BCUT2D eigenvalue weighted by atomic mass is 79.9. The van der Waals surface area contributed by atoms with Crippen molar-refractivity contribution >= 4 is 27.3 Å². The van der Waals surface area contributed by atoms with E-state index in [0.29, 0.717) is 0 Å². The van der Waals surface area contributed by atoms with Crippen LogP contribution in [0.4, 0.5) is 0 Å². The van der Waals surface area contributed by atoms with Crippen molar-refractivity contribution in [3.8, 4) is 5.75 Å². The number of thiophene rings is 1. The van der Waals surface area contributed by atoms with E-state index in [1.54, 1.807) is 18.4 Å². The van der Waals surface area contributed by atoms with Crippen LogP contribution in [0.2, 0.25) is 0 Å². The average Bonchev–Trinajstić information content (AvgIpc) is 2.77. The molecule has 2 nitrogen and oxygen atoms in total. The Balaban J connectivity index is 1.94. The molecule has 0 amide bonds. The molecule has 2 N–H and O–H groups in total. The van der Waals surface area contributed by atoms with Gasteiger partial charge in [-0.2, -0.15) is 0 Å². The molecular weight excluding hydrogens is 322 g/mol. The molecule has 2 rings (SSSR count). The zero-order valence-electron chi connectivity index (χ0n) is 11.2. The molecule has 0 aliphatic heterocycles. The Labute approximate surface area is 126 Å². The second-order valence-electron chi connectivity index (χ2n) is 4.55. The Hall–Kier alpha value is -0.840. The lowest BCUT2D eigenvalue weighted by atomic mass is 10.0.